The minimum atomic E-state index is -2.06. The molecule has 44 heavy (non-hydrogen) atoms. The number of cyclic esters (lactones) is 1. The third-order valence-corrected chi connectivity index (χ3v) is 13.6. The van der Waals surface area contributed by atoms with Gasteiger partial charge in [-0.15, -0.1) is 0 Å². The van der Waals surface area contributed by atoms with Gasteiger partial charge in [0.15, 0.2) is 8.32 Å². The lowest BCUT2D eigenvalue weighted by Gasteiger charge is -2.39. The highest BCUT2D eigenvalue weighted by atomic mass is 28.4. The van der Waals surface area contributed by atoms with Crippen molar-refractivity contribution in [3.05, 3.63) is 60.3 Å². The number of hydrogen-bond acceptors (Lipinski definition) is 6. The standard InChI is InChI=1S/C37H56O6Si/c1-27-21-22-40-31(24-27)19-20-34(39-7)35-17-11-16-33(43-44(8,9)37(4,5)6)26-29(3)23-28(2)25-32-15-10-13-30(41-32)14-12-18-36(38)42-35/h10-11,13,16,19-21,28,30-35H,3,14-15,17,22-26H2,1-2,4-9H3/t28-,30-,31+,32-,33+,34-,35-/m0/s1. The molecule has 3 heterocycles. The molecule has 0 aromatic carbocycles. The van der Waals surface area contributed by atoms with Crippen LogP contribution in [0.1, 0.15) is 79.6 Å². The van der Waals surface area contributed by atoms with Crippen LogP contribution in [0.4, 0.5) is 0 Å². The van der Waals surface area contributed by atoms with E-state index in [1.165, 1.54) is 11.1 Å². The van der Waals surface area contributed by atoms with E-state index in [4.69, 9.17) is 23.4 Å². The Hall–Kier alpha value is -2.21. The summed E-state index contributed by atoms with van der Waals surface area (Å²) >= 11 is 0. The average molecular weight is 625 g/mol. The monoisotopic (exact) mass is 624 g/mol. The molecule has 0 saturated carbocycles. The molecule has 3 aliphatic heterocycles. The zero-order valence-corrected chi connectivity index (χ0v) is 29.4. The summed E-state index contributed by atoms with van der Waals surface area (Å²) in [7, 11) is -0.430. The highest BCUT2D eigenvalue weighted by molar-refractivity contribution is 6.74. The van der Waals surface area contributed by atoms with Gasteiger partial charge < -0.3 is 23.4 Å². The molecule has 0 spiro atoms. The summed E-state index contributed by atoms with van der Waals surface area (Å²) in [4.78, 5) is 13.0. The van der Waals surface area contributed by atoms with E-state index < -0.39 is 26.5 Å². The zero-order chi connectivity index (χ0) is 32.3. The highest BCUT2D eigenvalue weighted by Crippen LogP contribution is 2.38. The molecule has 0 aliphatic carbocycles. The van der Waals surface area contributed by atoms with E-state index in [2.05, 4.69) is 90.4 Å². The molecule has 6 nitrogen and oxygen atoms in total. The fourth-order valence-corrected chi connectivity index (χ4v) is 6.86. The van der Waals surface area contributed by atoms with Crippen LogP contribution >= 0.6 is 0 Å². The first-order valence-electron chi connectivity index (χ1n) is 16.3. The molecular formula is C37H56O6Si. The van der Waals surface area contributed by atoms with Crippen molar-refractivity contribution in [3.8, 4) is 11.8 Å². The van der Waals surface area contributed by atoms with Crippen LogP contribution in [0.2, 0.25) is 18.1 Å². The lowest BCUT2D eigenvalue weighted by molar-refractivity contribution is -0.146. The first-order chi connectivity index (χ1) is 20.8. The number of rotatable bonds is 6. The number of carbonyl (C=O) groups excluding carboxylic acids is 1. The van der Waals surface area contributed by atoms with Crippen LogP contribution in [0.5, 0.6) is 0 Å². The first-order valence-corrected chi connectivity index (χ1v) is 19.2. The smallest absolute Gasteiger partial charge is 0.384 e. The first kappa shape index (κ1) is 36.3. The summed E-state index contributed by atoms with van der Waals surface area (Å²) in [5.41, 5.74) is 2.48. The highest BCUT2D eigenvalue weighted by Gasteiger charge is 2.39. The SMILES string of the molecule is C=C1C[C@H](C)C[C@@H]2CC=C[C@@H](CC#CC(=O)O[C@H]([C@H](C=C[C@@H]3CC(C)=CCO3)OC)CC=C[C@@H](O[Si](C)(C)C(C)(C)C)C1)O2. The molecule has 0 saturated heterocycles. The quantitative estimate of drug-likeness (QED) is 0.0981. The Morgan fingerprint density at radius 2 is 1.89 bits per heavy atom. The van der Waals surface area contributed by atoms with E-state index in [-0.39, 0.29) is 29.5 Å². The predicted molar refractivity (Wildman–Crippen MR) is 181 cm³/mol. The summed E-state index contributed by atoms with van der Waals surface area (Å²) in [5, 5.41) is 0.0707. The van der Waals surface area contributed by atoms with Gasteiger partial charge in [0.1, 0.15) is 12.2 Å². The molecule has 0 aromatic rings. The third-order valence-electron chi connectivity index (χ3n) is 9.05. The normalized spacial score (nSPS) is 30.5. The van der Waals surface area contributed by atoms with Gasteiger partial charge in [0.25, 0.3) is 0 Å². The average Bonchev–Trinajstić information content (AvgIpc) is 2.92. The summed E-state index contributed by atoms with van der Waals surface area (Å²) in [6.07, 6.45) is 18.5. The van der Waals surface area contributed by atoms with Gasteiger partial charge in [0, 0.05) is 25.9 Å². The fraction of sp³-hybridized carbons (Fsp3) is 0.649. The van der Waals surface area contributed by atoms with Crippen molar-refractivity contribution in [1.82, 2.24) is 0 Å². The molecule has 3 aliphatic rings. The Balaban J connectivity index is 1.88. The number of ether oxygens (including phenoxy) is 4. The van der Waals surface area contributed by atoms with Crippen molar-refractivity contribution in [1.29, 1.82) is 0 Å². The molecular weight excluding hydrogens is 568 g/mol. The second-order valence-electron chi connectivity index (χ2n) is 14.2. The number of carbonyl (C=O) groups is 1. The summed E-state index contributed by atoms with van der Waals surface area (Å²) in [6.45, 7) is 20.8. The summed E-state index contributed by atoms with van der Waals surface area (Å²) in [6, 6.07) is 0. The Labute approximate surface area is 268 Å². The minimum absolute atomic E-state index is 0.0361. The largest absolute Gasteiger partial charge is 0.449 e. The van der Waals surface area contributed by atoms with Crippen LogP contribution in [0.25, 0.3) is 0 Å². The van der Waals surface area contributed by atoms with E-state index >= 15 is 0 Å². The second kappa shape index (κ2) is 16.9. The van der Waals surface area contributed by atoms with E-state index in [1.807, 2.05) is 18.2 Å². The fourth-order valence-electron chi connectivity index (χ4n) is 5.58. The maximum absolute atomic E-state index is 13.0. The minimum Gasteiger partial charge on any atom is -0.449 e. The van der Waals surface area contributed by atoms with Gasteiger partial charge in [-0.2, -0.15) is 0 Å². The molecule has 3 rings (SSSR count). The molecule has 0 amide bonds. The van der Waals surface area contributed by atoms with Gasteiger partial charge >= 0.3 is 5.97 Å². The molecule has 0 fully saturated rings. The van der Waals surface area contributed by atoms with Crippen molar-refractivity contribution in [2.75, 3.05) is 13.7 Å². The van der Waals surface area contributed by atoms with Gasteiger partial charge in [-0.1, -0.05) is 93.9 Å². The van der Waals surface area contributed by atoms with Gasteiger partial charge in [0.05, 0.1) is 31.0 Å². The van der Waals surface area contributed by atoms with Crippen LogP contribution < -0.4 is 0 Å². The molecule has 7 atom stereocenters. The Morgan fingerprint density at radius 3 is 2.59 bits per heavy atom. The van der Waals surface area contributed by atoms with Crippen LogP contribution in [0, 0.1) is 17.8 Å². The van der Waals surface area contributed by atoms with Gasteiger partial charge in [-0.05, 0) is 63.1 Å². The third kappa shape index (κ3) is 11.9. The summed E-state index contributed by atoms with van der Waals surface area (Å²) < 4.78 is 30.9. The van der Waals surface area contributed by atoms with Crippen LogP contribution in [0.3, 0.4) is 0 Å². The molecule has 7 heteroatoms. The Morgan fingerprint density at radius 1 is 1.14 bits per heavy atom. The molecule has 0 unspecified atom stereocenters. The lowest BCUT2D eigenvalue weighted by atomic mass is 9.91. The van der Waals surface area contributed by atoms with Crippen molar-refractivity contribution >= 4 is 14.3 Å². The Kier molecular flexibility index (Phi) is 13.9. The van der Waals surface area contributed by atoms with Crippen molar-refractivity contribution < 1.29 is 28.2 Å². The Bertz CT molecular complexity index is 1150. The number of hydrogen-bond donors (Lipinski definition) is 0. The van der Waals surface area contributed by atoms with Gasteiger partial charge in [0.2, 0.25) is 0 Å². The van der Waals surface area contributed by atoms with E-state index in [0.717, 1.165) is 32.1 Å². The predicted octanol–water partition coefficient (Wildman–Crippen LogP) is 8.02. The zero-order valence-electron chi connectivity index (χ0n) is 28.4. The topological polar surface area (TPSA) is 63.2 Å². The summed E-state index contributed by atoms with van der Waals surface area (Å²) in [5.74, 6) is 5.55. The lowest BCUT2D eigenvalue weighted by Crippen LogP contribution is -2.43. The van der Waals surface area contributed by atoms with Crippen molar-refractivity contribution in [2.45, 2.75) is 134 Å². The van der Waals surface area contributed by atoms with Crippen molar-refractivity contribution in [2.24, 2.45) is 5.92 Å². The van der Waals surface area contributed by atoms with E-state index in [9.17, 15) is 4.79 Å². The van der Waals surface area contributed by atoms with E-state index in [1.54, 1.807) is 7.11 Å². The second-order valence-corrected chi connectivity index (χ2v) is 19.0. The molecule has 0 N–H and O–H groups in total. The number of methoxy groups -OCH3 is 1. The van der Waals surface area contributed by atoms with Crippen LogP contribution in [0.15, 0.2) is 60.3 Å². The molecule has 244 valence electrons. The van der Waals surface area contributed by atoms with Crippen LogP contribution in [-0.4, -0.2) is 64.6 Å². The maximum Gasteiger partial charge on any atom is 0.384 e. The molecule has 0 radical (unpaired) electrons. The maximum atomic E-state index is 13.0. The van der Waals surface area contributed by atoms with Gasteiger partial charge in [-0.3, -0.25) is 0 Å². The molecule has 2 bridgehead atoms. The van der Waals surface area contributed by atoms with Crippen molar-refractivity contribution in [3.63, 3.8) is 0 Å². The number of esters is 1. The number of fused-ring (bicyclic) bond motifs is 2. The van der Waals surface area contributed by atoms with Crippen LogP contribution in [-0.2, 0) is 28.2 Å². The van der Waals surface area contributed by atoms with Gasteiger partial charge in [-0.25, -0.2) is 4.79 Å². The molecule has 0 aromatic heterocycles. The van der Waals surface area contributed by atoms with E-state index in [0.29, 0.717) is 25.4 Å².